The van der Waals surface area contributed by atoms with E-state index < -0.39 is 0 Å². The maximum absolute atomic E-state index is 6.40. The molecule has 1 aromatic heterocycles. The molecule has 1 aliphatic heterocycles. The van der Waals surface area contributed by atoms with Gasteiger partial charge in [-0.15, -0.1) is 0 Å². The largest absolute Gasteiger partial charge is 0.355 e. The van der Waals surface area contributed by atoms with Crippen LogP contribution in [0.25, 0.3) is 0 Å². The van der Waals surface area contributed by atoms with E-state index in [2.05, 4.69) is 28.2 Å². The Morgan fingerprint density at radius 3 is 2.68 bits per heavy atom. The number of hydrogen-bond acceptors (Lipinski definition) is 3. The molecule has 0 aromatic carbocycles. The zero-order chi connectivity index (χ0) is 13.2. The summed E-state index contributed by atoms with van der Waals surface area (Å²) in [6, 6.07) is 2.79. The zero-order valence-electron chi connectivity index (χ0n) is 11.5. The first-order valence-corrected chi connectivity index (χ1v) is 7.73. The third-order valence-electron chi connectivity index (χ3n) is 4.13. The van der Waals surface area contributed by atoms with E-state index in [0.717, 1.165) is 42.4 Å². The van der Waals surface area contributed by atoms with Gasteiger partial charge in [-0.05, 0) is 43.2 Å². The minimum atomic E-state index is 0.724. The van der Waals surface area contributed by atoms with Gasteiger partial charge < -0.3 is 10.2 Å². The predicted octanol–water partition coefficient (Wildman–Crippen LogP) is 3.22. The Kier molecular flexibility index (Phi) is 3.94. The molecule has 0 atom stereocenters. The molecule has 1 aliphatic carbocycles. The van der Waals surface area contributed by atoms with E-state index >= 15 is 0 Å². The van der Waals surface area contributed by atoms with Crippen molar-refractivity contribution in [3.63, 3.8) is 0 Å². The van der Waals surface area contributed by atoms with Gasteiger partial charge in [0.25, 0.3) is 0 Å². The number of nitrogens with zero attached hydrogens (tertiary/aromatic N) is 2. The molecular formula is C15H22ClN3. The molecule has 1 aromatic rings. The highest BCUT2D eigenvalue weighted by molar-refractivity contribution is 6.33. The highest BCUT2D eigenvalue weighted by Gasteiger charge is 2.21. The normalized spacial score (nSPS) is 20.8. The second-order valence-electron chi connectivity index (χ2n) is 5.97. The summed E-state index contributed by atoms with van der Waals surface area (Å²) in [7, 11) is 0. The topological polar surface area (TPSA) is 28.2 Å². The molecule has 3 rings (SSSR count). The third-order valence-corrected chi connectivity index (χ3v) is 4.41. The molecule has 1 saturated heterocycles. The van der Waals surface area contributed by atoms with Crippen molar-refractivity contribution >= 4 is 17.4 Å². The Morgan fingerprint density at radius 2 is 2.05 bits per heavy atom. The number of aromatic nitrogens is 1. The molecular weight excluding hydrogens is 258 g/mol. The van der Waals surface area contributed by atoms with Gasteiger partial charge in [-0.2, -0.15) is 0 Å². The summed E-state index contributed by atoms with van der Waals surface area (Å²) in [6.07, 6.45) is 7.07. The number of hydrogen-bond donors (Lipinski definition) is 1. The Hall–Kier alpha value is -0.800. The average molecular weight is 280 g/mol. The second-order valence-corrected chi connectivity index (χ2v) is 6.38. The van der Waals surface area contributed by atoms with Gasteiger partial charge in [-0.25, -0.2) is 4.98 Å². The van der Waals surface area contributed by atoms with Gasteiger partial charge in [0.15, 0.2) is 0 Å². The molecule has 0 amide bonds. The Labute approximate surface area is 120 Å². The van der Waals surface area contributed by atoms with Gasteiger partial charge in [0, 0.05) is 31.9 Å². The van der Waals surface area contributed by atoms with Gasteiger partial charge >= 0.3 is 0 Å². The SMILES string of the molecule is CC1CCN(c2ncc(CNC3CC3)cc2Cl)CC1. The first kappa shape index (κ1) is 13.2. The molecule has 1 saturated carbocycles. The summed E-state index contributed by atoms with van der Waals surface area (Å²) in [6.45, 7) is 5.36. The molecule has 1 N–H and O–H groups in total. The molecule has 3 nitrogen and oxygen atoms in total. The van der Waals surface area contributed by atoms with E-state index in [1.807, 2.05) is 6.20 Å². The third kappa shape index (κ3) is 3.40. The minimum absolute atomic E-state index is 0.724. The molecule has 2 aliphatic rings. The van der Waals surface area contributed by atoms with Crippen molar-refractivity contribution in [3.05, 3.63) is 22.8 Å². The molecule has 0 radical (unpaired) electrons. The van der Waals surface area contributed by atoms with Crippen LogP contribution < -0.4 is 10.2 Å². The fourth-order valence-electron chi connectivity index (χ4n) is 2.57. The molecule has 104 valence electrons. The fourth-order valence-corrected chi connectivity index (χ4v) is 2.88. The lowest BCUT2D eigenvalue weighted by atomic mass is 9.99. The van der Waals surface area contributed by atoms with Crippen molar-refractivity contribution < 1.29 is 0 Å². The summed E-state index contributed by atoms with van der Waals surface area (Å²) in [4.78, 5) is 6.90. The summed E-state index contributed by atoms with van der Waals surface area (Å²) < 4.78 is 0. The van der Waals surface area contributed by atoms with Gasteiger partial charge in [0.05, 0.1) is 5.02 Å². The summed E-state index contributed by atoms with van der Waals surface area (Å²) in [5.41, 5.74) is 1.19. The van der Waals surface area contributed by atoms with Crippen LogP contribution in [0.5, 0.6) is 0 Å². The molecule has 0 bridgehead atoms. The van der Waals surface area contributed by atoms with E-state index in [-0.39, 0.29) is 0 Å². The Bertz CT molecular complexity index is 437. The lowest BCUT2D eigenvalue weighted by Crippen LogP contribution is -2.33. The molecule has 4 heteroatoms. The number of rotatable bonds is 4. The summed E-state index contributed by atoms with van der Waals surface area (Å²) >= 11 is 6.40. The number of halogens is 1. The van der Waals surface area contributed by atoms with Crippen molar-refractivity contribution in [3.8, 4) is 0 Å². The number of piperidine rings is 1. The summed E-state index contributed by atoms with van der Waals surface area (Å²) in [5.74, 6) is 1.79. The molecule has 2 heterocycles. The van der Waals surface area contributed by atoms with E-state index in [1.54, 1.807) is 0 Å². The fraction of sp³-hybridized carbons (Fsp3) is 0.667. The quantitative estimate of drug-likeness (QED) is 0.917. The molecule has 19 heavy (non-hydrogen) atoms. The monoisotopic (exact) mass is 279 g/mol. The Balaban J connectivity index is 1.64. The zero-order valence-corrected chi connectivity index (χ0v) is 12.3. The lowest BCUT2D eigenvalue weighted by Gasteiger charge is -2.31. The maximum atomic E-state index is 6.40. The van der Waals surface area contributed by atoms with E-state index in [1.165, 1.54) is 31.2 Å². The smallest absolute Gasteiger partial charge is 0.147 e. The number of nitrogens with one attached hydrogen (secondary N) is 1. The lowest BCUT2D eigenvalue weighted by molar-refractivity contribution is 0.436. The van der Waals surface area contributed by atoms with Crippen LogP contribution in [0.4, 0.5) is 5.82 Å². The highest BCUT2D eigenvalue weighted by Crippen LogP contribution is 2.28. The van der Waals surface area contributed by atoms with Gasteiger partial charge in [-0.1, -0.05) is 18.5 Å². The van der Waals surface area contributed by atoms with Crippen molar-refractivity contribution in [2.75, 3.05) is 18.0 Å². The van der Waals surface area contributed by atoms with Crippen LogP contribution in [0.15, 0.2) is 12.3 Å². The van der Waals surface area contributed by atoms with Crippen molar-refractivity contribution in [2.45, 2.75) is 45.2 Å². The number of anilines is 1. The van der Waals surface area contributed by atoms with E-state index in [4.69, 9.17) is 11.6 Å². The molecule has 2 fully saturated rings. The van der Waals surface area contributed by atoms with Crippen LogP contribution in [0, 0.1) is 5.92 Å². The van der Waals surface area contributed by atoms with Gasteiger partial charge in [-0.3, -0.25) is 0 Å². The standard InChI is InChI=1S/C15H22ClN3/c1-11-4-6-19(7-5-11)15-14(16)8-12(10-18-15)9-17-13-2-3-13/h8,10-11,13,17H,2-7,9H2,1H3. The van der Waals surface area contributed by atoms with Crippen LogP contribution in [0.2, 0.25) is 5.02 Å². The Morgan fingerprint density at radius 1 is 1.32 bits per heavy atom. The number of pyridine rings is 1. The first-order valence-electron chi connectivity index (χ1n) is 7.35. The maximum Gasteiger partial charge on any atom is 0.147 e. The van der Waals surface area contributed by atoms with E-state index in [0.29, 0.717) is 0 Å². The van der Waals surface area contributed by atoms with Crippen LogP contribution in [-0.2, 0) is 6.54 Å². The second kappa shape index (κ2) is 5.68. The molecule has 0 spiro atoms. The van der Waals surface area contributed by atoms with Gasteiger partial charge in [0.1, 0.15) is 5.82 Å². The van der Waals surface area contributed by atoms with Crippen LogP contribution in [-0.4, -0.2) is 24.1 Å². The predicted molar refractivity (Wildman–Crippen MR) is 79.7 cm³/mol. The summed E-state index contributed by atoms with van der Waals surface area (Å²) in [5, 5.41) is 4.29. The van der Waals surface area contributed by atoms with Crippen molar-refractivity contribution in [1.82, 2.24) is 10.3 Å². The van der Waals surface area contributed by atoms with Crippen LogP contribution in [0.1, 0.15) is 38.2 Å². The van der Waals surface area contributed by atoms with Crippen molar-refractivity contribution in [1.29, 1.82) is 0 Å². The van der Waals surface area contributed by atoms with Gasteiger partial charge in [0.2, 0.25) is 0 Å². The highest BCUT2D eigenvalue weighted by atomic mass is 35.5. The van der Waals surface area contributed by atoms with Crippen molar-refractivity contribution in [2.24, 2.45) is 5.92 Å². The van der Waals surface area contributed by atoms with Crippen LogP contribution >= 0.6 is 11.6 Å². The average Bonchev–Trinajstić information content (AvgIpc) is 3.22. The molecule has 0 unspecified atom stereocenters. The first-order chi connectivity index (χ1) is 9.22. The van der Waals surface area contributed by atoms with Crippen LogP contribution in [0.3, 0.4) is 0 Å². The van der Waals surface area contributed by atoms with E-state index in [9.17, 15) is 0 Å². The minimum Gasteiger partial charge on any atom is -0.355 e.